The first-order valence-electron chi connectivity index (χ1n) is 22.7. The van der Waals surface area contributed by atoms with E-state index in [4.69, 9.17) is 9.97 Å². The maximum Gasteiger partial charge on any atom is 0.160 e. The van der Waals surface area contributed by atoms with E-state index in [-0.39, 0.29) is 0 Å². The van der Waals surface area contributed by atoms with Gasteiger partial charge in [0.05, 0.1) is 27.8 Å². The fourth-order valence-electron chi connectivity index (χ4n) is 10.8. The second-order valence-electron chi connectivity index (χ2n) is 17.2. The molecule has 0 amide bonds. The summed E-state index contributed by atoms with van der Waals surface area (Å²) in [4.78, 5) is 11.1. The molecule has 308 valence electrons. The van der Waals surface area contributed by atoms with Crippen molar-refractivity contribution in [3.8, 4) is 61.8 Å². The quantitative estimate of drug-likeness (QED) is 0.160. The molecule has 0 atom stereocenters. The summed E-state index contributed by atoms with van der Waals surface area (Å²) in [7, 11) is 0. The molecule has 2 aromatic heterocycles. The highest BCUT2D eigenvalue weighted by atomic mass is 15.0. The minimum Gasteiger partial charge on any atom is -0.309 e. The summed E-state index contributed by atoms with van der Waals surface area (Å²) in [5.41, 5.74) is 17.5. The van der Waals surface area contributed by atoms with Crippen LogP contribution in [-0.2, 0) is 5.41 Å². The lowest BCUT2D eigenvalue weighted by Crippen LogP contribution is -2.28. The molecule has 0 fully saturated rings. The zero-order valence-corrected chi connectivity index (χ0v) is 36.0. The zero-order chi connectivity index (χ0) is 43.6. The Bertz CT molecular complexity index is 3740. The van der Waals surface area contributed by atoms with E-state index in [0.717, 1.165) is 50.4 Å². The Labute approximate surface area is 383 Å². The van der Waals surface area contributed by atoms with Crippen LogP contribution in [0.1, 0.15) is 22.3 Å². The van der Waals surface area contributed by atoms with Crippen LogP contribution in [0.4, 0.5) is 0 Å². The SMILES string of the molecule is c1ccc(-c2ccc(-c3cc(-c4cccc5c6ccccc6n(-c6ccccc6)c45)nc(-c4ccc5ccc6c(c5c4)C(c4ccccc4)(c4ccccc4)c4ccccc4-6)n3)cc2)cc1. The van der Waals surface area contributed by atoms with E-state index in [1.54, 1.807) is 0 Å². The van der Waals surface area contributed by atoms with Gasteiger partial charge in [-0.3, -0.25) is 0 Å². The summed E-state index contributed by atoms with van der Waals surface area (Å²) in [6.45, 7) is 0. The highest BCUT2D eigenvalue weighted by Crippen LogP contribution is 2.58. The Balaban J connectivity index is 1.08. The Kier molecular flexibility index (Phi) is 8.75. The number of hydrogen-bond acceptors (Lipinski definition) is 2. The van der Waals surface area contributed by atoms with Gasteiger partial charge >= 0.3 is 0 Å². The standard InChI is InChI=1S/C63H41N3/c1-5-18-42(19-6-1)43-32-35-45(36-33-43)57-41-58(54-29-17-28-53-51-27-14-16-31-59(51)66(61(53)54)49-24-11-4-12-25-49)65-62(64-57)46-37-34-44-38-39-52-50-26-13-15-30-56(50)63(60(52)55(44)40-46,47-20-7-2-8-21-47)48-22-9-3-10-23-48/h1-41H. The molecular weight excluding hydrogens is 799 g/mol. The zero-order valence-electron chi connectivity index (χ0n) is 36.0. The predicted molar refractivity (Wildman–Crippen MR) is 273 cm³/mol. The second kappa shape index (κ2) is 15.3. The van der Waals surface area contributed by atoms with Gasteiger partial charge in [-0.25, -0.2) is 9.97 Å². The molecule has 0 radical (unpaired) electrons. The number of rotatable bonds is 7. The van der Waals surface area contributed by atoms with Crippen molar-refractivity contribution < 1.29 is 0 Å². The van der Waals surface area contributed by atoms with Gasteiger partial charge in [0.25, 0.3) is 0 Å². The van der Waals surface area contributed by atoms with Gasteiger partial charge in [0, 0.05) is 33.2 Å². The molecule has 0 bridgehead atoms. The van der Waals surface area contributed by atoms with Crippen molar-refractivity contribution in [3.63, 3.8) is 0 Å². The first kappa shape index (κ1) is 37.9. The Morgan fingerprint density at radius 1 is 0.348 bits per heavy atom. The van der Waals surface area contributed by atoms with Crippen LogP contribution in [-0.4, -0.2) is 14.5 Å². The topological polar surface area (TPSA) is 30.7 Å². The molecule has 0 unspecified atom stereocenters. The van der Waals surface area contributed by atoms with Gasteiger partial charge in [0.2, 0.25) is 0 Å². The highest BCUT2D eigenvalue weighted by molar-refractivity contribution is 6.13. The minimum atomic E-state index is -0.554. The van der Waals surface area contributed by atoms with Crippen molar-refractivity contribution in [2.45, 2.75) is 5.41 Å². The monoisotopic (exact) mass is 839 g/mol. The maximum atomic E-state index is 5.59. The average molecular weight is 840 g/mol. The predicted octanol–water partition coefficient (Wildman–Crippen LogP) is 15.8. The third-order valence-corrected chi connectivity index (χ3v) is 13.7. The second-order valence-corrected chi connectivity index (χ2v) is 17.2. The largest absolute Gasteiger partial charge is 0.309 e. The van der Waals surface area contributed by atoms with Gasteiger partial charge in [-0.15, -0.1) is 0 Å². The van der Waals surface area contributed by atoms with E-state index in [9.17, 15) is 0 Å². The van der Waals surface area contributed by atoms with Crippen molar-refractivity contribution in [1.82, 2.24) is 14.5 Å². The van der Waals surface area contributed by atoms with Gasteiger partial charge in [-0.1, -0.05) is 218 Å². The number of nitrogens with zero attached hydrogens (tertiary/aromatic N) is 3. The average Bonchev–Trinajstić information content (AvgIpc) is 3.91. The normalized spacial score (nSPS) is 12.7. The third-order valence-electron chi connectivity index (χ3n) is 13.7. The molecule has 0 saturated carbocycles. The summed E-state index contributed by atoms with van der Waals surface area (Å²) < 4.78 is 2.39. The van der Waals surface area contributed by atoms with E-state index >= 15 is 0 Å². The summed E-state index contributed by atoms with van der Waals surface area (Å²) in [5, 5.41) is 4.74. The molecule has 66 heavy (non-hydrogen) atoms. The fraction of sp³-hybridized carbons (Fsp3) is 0.0159. The minimum absolute atomic E-state index is 0.554. The molecule has 10 aromatic carbocycles. The van der Waals surface area contributed by atoms with Crippen LogP contribution < -0.4 is 0 Å². The van der Waals surface area contributed by atoms with Crippen molar-refractivity contribution in [1.29, 1.82) is 0 Å². The summed E-state index contributed by atoms with van der Waals surface area (Å²) in [6.07, 6.45) is 0. The van der Waals surface area contributed by atoms with Crippen LogP contribution in [0.5, 0.6) is 0 Å². The number of para-hydroxylation sites is 3. The number of aromatic nitrogens is 3. The Morgan fingerprint density at radius 3 is 1.67 bits per heavy atom. The van der Waals surface area contributed by atoms with Gasteiger partial charge in [0.15, 0.2) is 5.82 Å². The van der Waals surface area contributed by atoms with Gasteiger partial charge < -0.3 is 4.57 Å². The molecule has 3 nitrogen and oxygen atoms in total. The van der Waals surface area contributed by atoms with Crippen molar-refractivity contribution in [2.75, 3.05) is 0 Å². The Morgan fingerprint density at radius 2 is 0.909 bits per heavy atom. The van der Waals surface area contributed by atoms with E-state index in [0.29, 0.717) is 5.82 Å². The van der Waals surface area contributed by atoms with Crippen LogP contribution >= 0.6 is 0 Å². The van der Waals surface area contributed by atoms with E-state index in [1.165, 1.54) is 60.5 Å². The molecule has 12 aromatic rings. The summed E-state index contributed by atoms with van der Waals surface area (Å²) in [6, 6.07) is 89.9. The first-order chi connectivity index (χ1) is 32.7. The van der Waals surface area contributed by atoms with Crippen LogP contribution in [0.15, 0.2) is 249 Å². The lowest BCUT2D eigenvalue weighted by Gasteiger charge is -2.34. The van der Waals surface area contributed by atoms with E-state index in [2.05, 4.69) is 253 Å². The highest BCUT2D eigenvalue weighted by Gasteiger charge is 2.47. The fourth-order valence-corrected chi connectivity index (χ4v) is 10.8. The first-order valence-corrected chi connectivity index (χ1v) is 22.7. The van der Waals surface area contributed by atoms with E-state index in [1.807, 2.05) is 0 Å². The maximum absolute atomic E-state index is 5.59. The smallest absolute Gasteiger partial charge is 0.160 e. The third kappa shape index (κ3) is 5.84. The summed E-state index contributed by atoms with van der Waals surface area (Å²) in [5.74, 6) is 0.675. The lowest BCUT2D eigenvalue weighted by molar-refractivity contribution is 0.775. The van der Waals surface area contributed by atoms with Crippen molar-refractivity contribution >= 4 is 32.6 Å². The molecule has 2 heterocycles. The molecule has 1 aliphatic carbocycles. The lowest BCUT2D eigenvalue weighted by atomic mass is 9.66. The Hall–Kier alpha value is -8.66. The number of fused-ring (bicyclic) bond motifs is 8. The number of benzene rings is 10. The van der Waals surface area contributed by atoms with Gasteiger partial charge in [-0.05, 0) is 85.6 Å². The molecule has 0 aliphatic heterocycles. The van der Waals surface area contributed by atoms with E-state index < -0.39 is 5.41 Å². The molecule has 0 spiro atoms. The molecule has 1 aliphatic rings. The van der Waals surface area contributed by atoms with Crippen LogP contribution in [0.25, 0.3) is 94.4 Å². The van der Waals surface area contributed by atoms with Gasteiger partial charge in [0.1, 0.15) is 0 Å². The molecular formula is C63H41N3. The molecule has 0 N–H and O–H groups in total. The molecule has 0 saturated heterocycles. The molecule has 13 rings (SSSR count). The van der Waals surface area contributed by atoms with Gasteiger partial charge in [-0.2, -0.15) is 0 Å². The molecule has 3 heteroatoms. The van der Waals surface area contributed by atoms with Crippen molar-refractivity contribution in [3.05, 3.63) is 271 Å². The van der Waals surface area contributed by atoms with Crippen LogP contribution in [0.3, 0.4) is 0 Å². The van der Waals surface area contributed by atoms with Crippen LogP contribution in [0, 0.1) is 0 Å². The summed E-state index contributed by atoms with van der Waals surface area (Å²) >= 11 is 0. The number of hydrogen-bond donors (Lipinski definition) is 0. The van der Waals surface area contributed by atoms with Crippen LogP contribution in [0.2, 0.25) is 0 Å². The van der Waals surface area contributed by atoms with Crippen molar-refractivity contribution in [2.24, 2.45) is 0 Å².